The van der Waals surface area contributed by atoms with Gasteiger partial charge in [-0.3, -0.25) is 9.69 Å². The van der Waals surface area contributed by atoms with Gasteiger partial charge in [-0.05, 0) is 19.8 Å². The minimum absolute atomic E-state index is 0.228. The molecule has 0 spiro atoms. The summed E-state index contributed by atoms with van der Waals surface area (Å²) in [5, 5.41) is 2.91. The lowest BCUT2D eigenvalue weighted by atomic mass is 10.1. The molecule has 16 heavy (non-hydrogen) atoms. The minimum Gasteiger partial charge on any atom is -0.356 e. The molecule has 1 atom stereocenters. The Morgan fingerprint density at radius 2 is 2.00 bits per heavy atom. The van der Waals surface area contributed by atoms with Crippen molar-refractivity contribution in [3.8, 4) is 0 Å². The Bertz CT molecular complexity index is 247. The molecule has 2 saturated heterocycles. The van der Waals surface area contributed by atoms with Crippen molar-refractivity contribution in [1.82, 2.24) is 15.1 Å². The molecule has 92 valence electrons. The SMILES string of the molecule is CC(C)N1CCN(C[C@H]2CNC(=O)C2)CC1. The van der Waals surface area contributed by atoms with Crippen molar-refractivity contribution in [2.75, 3.05) is 39.3 Å². The van der Waals surface area contributed by atoms with Crippen molar-refractivity contribution in [3.63, 3.8) is 0 Å². The summed E-state index contributed by atoms with van der Waals surface area (Å²) in [5.41, 5.74) is 0. The van der Waals surface area contributed by atoms with Crippen LogP contribution in [0.3, 0.4) is 0 Å². The van der Waals surface area contributed by atoms with Gasteiger partial charge in [0.1, 0.15) is 0 Å². The molecule has 0 saturated carbocycles. The smallest absolute Gasteiger partial charge is 0.220 e. The molecule has 2 fully saturated rings. The van der Waals surface area contributed by atoms with E-state index in [2.05, 4.69) is 29.0 Å². The number of rotatable bonds is 3. The van der Waals surface area contributed by atoms with E-state index in [1.165, 1.54) is 13.1 Å². The van der Waals surface area contributed by atoms with Gasteiger partial charge in [-0.1, -0.05) is 0 Å². The zero-order valence-electron chi connectivity index (χ0n) is 10.4. The topological polar surface area (TPSA) is 35.6 Å². The van der Waals surface area contributed by atoms with E-state index in [9.17, 15) is 4.79 Å². The standard InChI is InChI=1S/C12H23N3O/c1-10(2)15-5-3-14(4-6-15)9-11-7-12(16)13-8-11/h10-11H,3-9H2,1-2H3,(H,13,16)/t11-/m1/s1. The van der Waals surface area contributed by atoms with Gasteiger partial charge >= 0.3 is 0 Å². The quantitative estimate of drug-likeness (QED) is 0.742. The number of hydrogen-bond acceptors (Lipinski definition) is 3. The summed E-state index contributed by atoms with van der Waals surface area (Å²) in [4.78, 5) is 16.1. The van der Waals surface area contributed by atoms with Gasteiger partial charge in [0.05, 0.1) is 0 Å². The number of hydrogen-bond donors (Lipinski definition) is 1. The van der Waals surface area contributed by atoms with Gasteiger partial charge in [0.2, 0.25) is 5.91 Å². The molecule has 2 aliphatic heterocycles. The summed E-state index contributed by atoms with van der Waals surface area (Å²) in [6, 6.07) is 0.664. The van der Waals surface area contributed by atoms with E-state index in [4.69, 9.17) is 0 Å². The van der Waals surface area contributed by atoms with Crippen LogP contribution in [0.15, 0.2) is 0 Å². The molecule has 0 bridgehead atoms. The van der Waals surface area contributed by atoms with Crippen LogP contribution in [-0.2, 0) is 4.79 Å². The Labute approximate surface area is 98.0 Å². The lowest BCUT2D eigenvalue weighted by Crippen LogP contribution is -2.50. The first-order valence-electron chi connectivity index (χ1n) is 6.38. The first-order valence-corrected chi connectivity index (χ1v) is 6.38. The van der Waals surface area contributed by atoms with Gasteiger partial charge in [-0.25, -0.2) is 0 Å². The number of nitrogens with one attached hydrogen (secondary N) is 1. The molecule has 2 rings (SSSR count). The second kappa shape index (κ2) is 5.15. The molecule has 0 aromatic carbocycles. The van der Waals surface area contributed by atoms with Crippen LogP contribution in [0.2, 0.25) is 0 Å². The van der Waals surface area contributed by atoms with E-state index in [1.54, 1.807) is 0 Å². The second-order valence-electron chi connectivity index (χ2n) is 5.30. The highest BCUT2D eigenvalue weighted by Gasteiger charge is 2.25. The highest BCUT2D eigenvalue weighted by molar-refractivity contribution is 5.78. The number of carbonyl (C=O) groups is 1. The monoisotopic (exact) mass is 225 g/mol. The molecular formula is C12H23N3O. The molecule has 0 unspecified atom stereocenters. The maximum absolute atomic E-state index is 11.1. The minimum atomic E-state index is 0.228. The molecule has 1 N–H and O–H groups in total. The largest absolute Gasteiger partial charge is 0.356 e. The first-order chi connectivity index (χ1) is 7.65. The number of amides is 1. The van der Waals surface area contributed by atoms with Crippen LogP contribution in [0.1, 0.15) is 20.3 Å². The van der Waals surface area contributed by atoms with Crippen LogP contribution in [0, 0.1) is 5.92 Å². The van der Waals surface area contributed by atoms with Crippen molar-refractivity contribution in [3.05, 3.63) is 0 Å². The predicted octanol–water partition coefficient (Wildman–Crippen LogP) is 0.149. The summed E-state index contributed by atoms with van der Waals surface area (Å²) < 4.78 is 0. The van der Waals surface area contributed by atoms with E-state index in [1.807, 2.05) is 0 Å². The highest BCUT2D eigenvalue weighted by Crippen LogP contribution is 2.13. The van der Waals surface area contributed by atoms with Crippen molar-refractivity contribution < 1.29 is 4.79 Å². The Morgan fingerprint density at radius 3 is 2.50 bits per heavy atom. The summed E-state index contributed by atoms with van der Waals surface area (Å²) in [6.07, 6.45) is 0.727. The number of nitrogens with zero attached hydrogens (tertiary/aromatic N) is 2. The zero-order chi connectivity index (χ0) is 11.5. The van der Waals surface area contributed by atoms with Crippen molar-refractivity contribution in [2.24, 2.45) is 5.92 Å². The van der Waals surface area contributed by atoms with E-state index in [0.29, 0.717) is 12.0 Å². The van der Waals surface area contributed by atoms with Crippen molar-refractivity contribution >= 4 is 5.91 Å². The van der Waals surface area contributed by atoms with Gasteiger partial charge in [0, 0.05) is 51.7 Å². The summed E-state index contributed by atoms with van der Waals surface area (Å²) >= 11 is 0. The number of piperazine rings is 1. The maximum atomic E-state index is 11.1. The van der Waals surface area contributed by atoms with Gasteiger partial charge in [0.25, 0.3) is 0 Å². The average molecular weight is 225 g/mol. The number of carbonyl (C=O) groups excluding carboxylic acids is 1. The third-order valence-electron chi connectivity index (χ3n) is 3.72. The van der Waals surface area contributed by atoms with Crippen molar-refractivity contribution in [1.29, 1.82) is 0 Å². The molecule has 0 aromatic heterocycles. The summed E-state index contributed by atoms with van der Waals surface area (Å²) in [5.74, 6) is 0.768. The van der Waals surface area contributed by atoms with Crippen LogP contribution >= 0.6 is 0 Å². The van der Waals surface area contributed by atoms with Gasteiger partial charge in [-0.2, -0.15) is 0 Å². The van der Waals surface area contributed by atoms with E-state index in [0.717, 1.165) is 32.6 Å². The molecule has 0 aliphatic carbocycles. The van der Waals surface area contributed by atoms with Gasteiger partial charge in [-0.15, -0.1) is 0 Å². The third-order valence-corrected chi connectivity index (χ3v) is 3.72. The fourth-order valence-corrected chi connectivity index (χ4v) is 2.62. The van der Waals surface area contributed by atoms with Crippen LogP contribution in [0.5, 0.6) is 0 Å². The molecular weight excluding hydrogens is 202 g/mol. The lowest BCUT2D eigenvalue weighted by molar-refractivity contribution is -0.119. The lowest BCUT2D eigenvalue weighted by Gasteiger charge is -2.37. The fourth-order valence-electron chi connectivity index (χ4n) is 2.62. The second-order valence-corrected chi connectivity index (χ2v) is 5.30. The highest BCUT2D eigenvalue weighted by atomic mass is 16.1. The molecule has 2 heterocycles. The molecule has 4 nitrogen and oxygen atoms in total. The third kappa shape index (κ3) is 2.95. The van der Waals surface area contributed by atoms with Gasteiger partial charge in [0.15, 0.2) is 0 Å². The van der Waals surface area contributed by atoms with Gasteiger partial charge < -0.3 is 10.2 Å². The van der Waals surface area contributed by atoms with E-state index in [-0.39, 0.29) is 5.91 Å². The molecule has 1 amide bonds. The molecule has 4 heteroatoms. The fraction of sp³-hybridized carbons (Fsp3) is 0.917. The van der Waals surface area contributed by atoms with Crippen LogP contribution in [0.4, 0.5) is 0 Å². The van der Waals surface area contributed by atoms with E-state index < -0.39 is 0 Å². The molecule has 0 aromatic rings. The Hall–Kier alpha value is -0.610. The Kier molecular flexibility index (Phi) is 3.82. The normalized spacial score (nSPS) is 28.7. The van der Waals surface area contributed by atoms with E-state index >= 15 is 0 Å². The predicted molar refractivity (Wildman–Crippen MR) is 64.3 cm³/mol. The van der Waals surface area contributed by atoms with Crippen LogP contribution in [0.25, 0.3) is 0 Å². The van der Waals surface area contributed by atoms with Crippen LogP contribution in [-0.4, -0.2) is 61.0 Å². The molecule has 2 aliphatic rings. The van der Waals surface area contributed by atoms with Crippen LogP contribution < -0.4 is 5.32 Å². The average Bonchev–Trinajstić information content (AvgIpc) is 2.65. The Morgan fingerprint density at radius 1 is 1.31 bits per heavy atom. The van der Waals surface area contributed by atoms with Crippen molar-refractivity contribution in [2.45, 2.75) is 26.3 Å². The zero-order valence-corrected chi connectivity index (χ0v) is 10.4. The Balaban J connectivity index is 1.71. The summed E-state index contributed by atoms with van der Waals surface area (Å²) in [7, 11) is 0. The molecule has 0 radical (unpaired) electrons. The first kappa shape index (κ1) is 11.9. The maximum Gasteiger partial charge on any atom is 0.220 e. The summed E-state index contributed by atoms with van der Waals surface area (Å²) in [6.45, 7) is 11.1.